The van der Waals surface area contributed by atoms with E-state index in [0.717, 1.165) is 28.8 Å². The van der Waals surface area contributed by atoms with Gasteiger partial charge in [-0.15, -0.1) is 0 Å². The summed E-state index contributed by atoms with van der Waals surface area (Å²) in [5.74, 6) is 0.599. The average Bonchev–Trinajstić information content (AvgIpc) is 3.29. The van der Waals surface area contributed by atoms with Gasteiger partial charge in [-0.05, 0) is 36.8 Å². The van der Waals surface area contributed by atoms with Crippen molar-refractivity contribution in [2.75, 3.05) is 11.9 Å². The SMILES string of the molecule is CCCNC(=O)c1ccc(Nc2nc3[nH]ccc3c3nccn23)cc1. The number of amides is 1. The maximum atomic E-state index is 12.0. The molecule has 0 spiro atoms. The molecule has 1 aromatic carbocycles. The number of nitrogens with zero attached hydrogens (tertiary/aromatic N) is 3. The average molecular weight is 334 g/mol. The summed E-state index contributed by atoms with van der Waals surface area (Å²) in [6.07, 6.45) is 6.37. The van der Waals surface area contributed by atoms with Crippen molar-refractivity contribution in [3.63, 3.8) is 0 Å². The number of nitrogens with one attached hydrogen (secondary N) is 3. The van der Waals surface area contributed by atoms with Crippen LogP contribution in [-0.2, 0) is 0 Å². The smallest absolute Gasteiger partial charge is 0.251 e. The third kappa shape index (κ3) is 2.80. The minimum Gasteiger partial charge on any atom is -0.352 e. The van der Waals surface area contributed by atoms with Crippen LogP contribution in [0.4, 0.5) is 11.6 Å². The van der Waals surface area contributed by atoms with E-state index < -0.39 is 0 Å². The molecule has 0 atom stereocenters. The Bertz CT molecular complexity index is 1030. The number of fused-ring (bicyclic) bond motifs is 3. The summed E-state index contributed by atoms with van der Waals surface area (Å²) in [7, 11) is 0. The van der Waals surface area contributed by atoms with Crippen LogP contribution in [0.25, 0.3) is 16.7 Å². The van der Waals surface area contributed by atoms with Crippen molar-refractivity contribution in [2.24, 2.45) is 0 Å². The van der Waals surface area contributed by atoms with Crippen LogP contribution in [0.5, 0.6) is 0 Å². The van der Waals surface area contributed by atoms with E-state index in [1.54, 1.807) is 18.3 Å². The number of aromatic nitrogens is 4. The number of imidazole rings is 1. The van der Waals surface area contributed by atoms with Crippen LogP contribution in [0.3, 0.4) is 0 Å². The molecule has 0 unspecified atom stereocenters. The Kier molecular flexibility index (Phi) is 3.81. The zero-order chi connectivity index (χ0) is 17.2. The molecule has 0 bridgehead atoms. The van der Waals surface area contributed by atoms with Crippen molar-refractivity contribution in [3.8, 4) is 0 Å². The van der Waals surface area contributed by atoms with Gasteiger partial charge >= 0.3 is 0 Å². The second-order valence-electron chi connectivity index (χ2n) is 5.75. The first kappa shape index (κ1) is 15.2. The van der Waals surface area contributed by atoms with Gasteiger partial charge in [0.15, 0.2) is 5.65 Å². The topological polar surface area (TPSA) is 87.1 Å². The normalized spacial score (nSPS) is 11.1. The predicted octanol–water partition coefficient (Wildman–Crippen LogP) is 3.09. The minimum atomic E-state index is -0.0590. The van der Waals surface area contributed by atoms with Crippen molar-refractivity contribution in [2.45, 2.75) is 13.3 Å². The summed E-state index contributed by atoms with van der Waals surface area (Å²) < 4.78 is 1.90. The zero-order valence-electron chi connectivity index (χ0n) is 13.8. The van der Waals surface area contributed by atoms with Crippen molar-refractivity contribution in [1.29, 1.82) is 0 Å². The van der Waals surface area contributed by atoms with Gasteiger partial charge in [-0.2, -0.15) is 4.98 Å². The van der Waals surface area contributed by atoms with Gasteiger partial charge in [0.1, 0.15) is 5.65 Å². The number of hydrogen-bond acceptors (Lipinski definition) is 4. The lowest BCUT2D eigenvalue weighted by molar-refractivity contribution is 0.0953. The van der Waals surface area contributed by atoms with E-state index in [4.69, 9.17) is 0 Å². The summed E-state index contributed by atoms with van der Waals surface area (Å²) in [5.41, 5.74) is 3.10. The minimum absolute atomic E-state index is 0.0590. The van der Waals surface area contributed by atoms with Crippen LogP contribution >= 0.6 is 0 Å². The number of H-pyrrole nitrogens is 1. The van der Waals surface area contributed by atoms with Gasteiger partial charge in [0.25, 0.3) is 5.91 Å². The number of benzene rings is 1. The number of rotatable bonds is 5. The molecule has 126 valence electrons. The van der Waals surface area contributed by atoms with Crippen LogP contribution < -0.4 is 10.6 Å². The fourth-order valence-electron chi connectivity index (χ4n) is 2.73. The second kappa shape index (κ2) is 6.27. The van der Waals surface area contributed by atoms with Gasteiger partial charge in [0.2, 0.25) is 5.95 Å². The summed E-state index contributed by atoms with van der Waals surface area (Å²) >= 11 is 0. The lowest BCUT2D eigenvalue weighted by atomic mass is 10.2. The third-order valence-electron chi connectivity index (χ3n) is 3.99. The molecule has 0 aliphatic carbocycles. The van der Waals surface area contributed by atoms with E-state index in [0.29, 0.717) is 18.1 Å². The van der Waals surface area contributed by atoms with Gasteiger partial charge in [0.05, 0.1) is 5.39 Å². The number of hydrogen-bond donors (Lipinski definition) is 3. The third-order valence-corrected chi connectivity index (χ3v) is 3.99. The van der Waals surface area contributed by atoms with E-state index >= 15 is 0 Å². The highest BCUT2D eigenvalue weighted by atomic mass is 16.1. The Morgan fingerprint density at radius 1 is 1.24 bits per heavy atom. The molecule has 3 N–H and O–H groups in total. The Balaban J connectivity index is 1.62. The molecule has 0 radical (unpaired) electrons. The molecule has 4 rings (SSSR count). The van der Waals surface area contributed by atoms with Gasteiger partial charge in [-0.25, -0.2) is 4.98 Å². The Morgan fingerprint density at radius 2 is 2.08 bits per heavy atom. The largest absolute Gasteiger partial charge is 0.352 e. The van der Waals surface area contributed by atoms with Crippen molar-refractivity contribution in [1.82, 2.24) is 24.7 Å². The van der Waals surface area contributed by atoms with Crippen LogP contribution in [-0.4, -0.2) is 31.8 Å². The Morgan fingerprint density at radius 3 is 2.88 bits per heavy atom. The van der Waals surface area contributed by atoms with Gasteiger partial charge in [-0.1, -0.05) is 6.92 Å². The Hall–Kier alpha value is -3.35. The van der Waals surface area contributed by atoms with Gasteiger partial charge in [-0.3, -0.25) is 9.20 Å². The Labute approximate surface area is 144 Å². The molecular formula is C18H18N6O. The number of anilines is 2. The molecule has 7 heteroatoms. The van der Waals surface area contributed by atoms with Crippen LogP contribution in [0.1, 0.15) is 23.7 Å². The molecule has 25 heavy (non-hydrogen) atoms. The van der Waals surface area contributed by atoms with Crippen molar-refractivity contribution in [3.05, 3.63) is 54.5 Å². The second-order valence-corrected chi connectivity index (χ2v) is 5.75. The first-order valence-electron chi connectivity index (χ1n) is 8.21. The maximum Gasteiger partial charge on any atom is 0.251 e. The van der Waals surface area contributed by atoms with Crippen LogP contribution in [0.15, 0.2) is 48.9 Å². The standard InChI is InChI=1S/C18H18N6O/c1-2-8-21-17(25)12-3-5-13(6-4-12)22-18-23-15-14(7-9-19-15)16-20-10-11-24(16)18/h3-7,9-11,19H,2,8H2,1H3,(H,21,25)(H,22,23). The number of carbonyl (C=O) groups excluding carboxylic acids is 1. The van der Waals surface area contributed by atoms with Gasteiger partial charge in [0, 0.05) is 36.4 Å². The van der Waals surface area contributed by atoms with Crippen molar-refractivity contribution >= 4 is 34.2 Å². The van der Waals surface area contributed by atoms with Crippen LogP contribution in [0.2, 0.25) is 0 Å². The summed E-state index contributed by atoms with van der Waals surface area (Å²) in [6.45, 7) is 2.70. The molecule has 0 aliphatic heterocycles. The first-order chi connectivity index (χ1) is 12.3. The van der Waals surface area contributed by atoms with Crippen molar-refractivity contribution < 1.29 is 4.79 Å². The molecule has 1 amide bonds. The monoisotopic (exact) mass is 334 g/mol. The summed E-state index contributed by atoms with van der Waals surface area (Å²) in [5, 5.41) is 7.12. The lowest BCUT2D eigenvalue weighted by Gasteiger charge is -2.09. The lowest BCUT2D eigenvalue weighted by Crippen LogP contribution is -2.23. The fourth-order valence-corrected chi connectivity index (χ4v) is 2.73. The van der Waals surface area contributed by atoms with E-state index in [-0.39, 0.29) is 5.91 Å². The fraction of sp³-hybridized carbons (Fsp3) is 0.167. The number of carbonyl (C=O) groups is 1. The molecule has 0 saturated heterocycles. The predicted molar refractivity (Wildman–Crippen MR) is 97.2 cm³/mol. The highest BCUT2D eigenvalue weighted by Crippen LogP contribution is 2.22. The summed E-state index contributed by atoms with van der Waals surface area (Å²) in [6, 6.07) is 9.28. The molecular weight excluding hydrogens is 316 g/mol. The van der Waals surface area contributed by atoms with E-state index in [2.05, 4.69) is 25.6 Å². The maximum absolute atomic E-state index is 12.0. The molecule has 4 aromatic rings. The molecule has 3 heterocycles. The summed E-state index contributed by atoms with van der Waals surface area (Å²) in [4.78, 5) is 24.1. The molecule has 3 aromatic heterocycles. The quantitative estimate of drug-likeness (QED) is 0.523. The highest BCUT2D eigenvalue weighted by molar-refractivity contribution is 5.94. The highest BCUT2D eigenvalue weighted by Gasteiger charge is 2.10. The number of aromatic amines is 1. The molecule has 7 nitrogen and oxygen atoms in total. The molecule has 0 aliphatic rings. The molecule has 0 saturated carbocycles. The van der Waals surface area contributed by atoms with E-state index in [1.165, 1.54) is 0 Å². The first-order valence-corrected chi connectivity index (χ1v) is 8.21. The van der Waals surface area contributed by atoms with E-state index in [1.807, 2.05) is 41.9 Å². The van der Waals surface area contributed by atoms with Crippen LogP contribution in [0, 0.1) is 0 Å². The zero-order valence-corrected chi connectivity index (χ0v) is 13.8. The molecule has 0 fully saturated rings. The van der Waals surface area contributed by atoms with E-state index in [9.17, 15) is 4.79 Å². The van der Waals surface area contributed by atoms with Gasteiger partial charge < -0.3 is 15.6 Å².